The van der Waals surface area contributed by atoms with Crippen LogP contribution in [0, 0.1) is 0 Å². The molecule has 0 aromatic heterocycles. The van der Waals surface area contributed by atoms with E-state index in [2.05, 4.69) is 11.3 Å². The Morgan fingerprint density at radius 1 is 1.70 bits per heavy atom. The molecule has 0 amide bonds. The monoisotopic (exact) mass is 140 g/mol. The van der Waals surface area contributed by atoms with Crippen LogP contribution in [0.2, 0.25) is 0 Å². The molecule has 0 atom stereocenters. The average molecular weight is 140 g/mol. The molecule has 0 rings (SSSR count). The van der Waals surface area contributed by atoms with Gasteiger partial charge in [-0.15, -0.1) is 0 Å². The Labute approximate surface area is 61.2 Å². The van der Waals surface area contributed by atoms with Gasteiger partial charge in [-0.3, -0.25) is 4.79 Å². The molecule has 0 unspecified atom stereocenters. The van der Waals surface area contributed by atoms with Gasteiger partial charge >= 0.3 is 5.97 Å². The van der Waals surface area contributed by atoms with Gasteiger partial charge in [-0.25, -0.2) is 0 Å². The molecule has 2 heteroatoms. The zero-order chi connectivity index (χ0) is 7.98. The van der Waals surface area contributed by atoms with Gasteiger partial charge in [0.05, 0.1) is 6.26 Å². The summed E-state index contributed by atoms with van der Waals surface area (Å²) in [4.78, 5) is 10.5. The lowest BCUT2D eigenvalue weighted by Crippen LogP contribution is -1.94. The van der Waals surface area contributed by atoms with Crippen molar-refractivity contribution in [3.63, 3.8) is 0 Å². The summed E-state index contributed by atoms with van der Waals surface area (Å²) in [6.45, 7) is 7.18. The number of carbonyl (C=O) groups excluding carboxylic acids is 1. The molecule has 0 saturated carbocycles. The average Bonchev–Trinajstić information content (AvgIpc) is 1.87. The Morgan fingerprint density at radius 3 is 2.70 bits per heavy atom. The summed E-state index contributed by atoms with van der Waals surface area (Å²) < 4.78 is 4.62. The van der Waals surface area contributed by atoms with Gasteiger partial charge in [-0.1, -0.05) is 19.1 Å². The second-order valence-electron chi connectivity index (χ2n) is 1.99. The van der Waals surface area contributed by atoms with Crippen LogP contribution in [0.3, 0.4) is 0 Å². The second kappa shape index (κ2) is 4.79. The quantitative estimate of drug-likeness (QED) is 0.340. The Bertz CT molecular complexity index is 157. The maximum atomic E-state index is 10.5. The number of ether oxygens (including phenoxy) is 1. The minimum absolute atomic E-state index is 0.225. The largest absolute Gasteiger partial charge is 0.434 e. The number of rotatable bonds is 3. The van der Waals surface area contributed by atoms with Crippen LogP contribution < -0.4 is 0 Å². The molecule has 0 saturated heterocycles. The molecule has 0 fully saturated rings. The van der Waals surface area contributed by atoms with Crippen LogP contribution >= 0.6 is 0 Å². The van der Waals surface area contributed by atoms with Crippen molar-refractivity contribution in [2.24, 2.45) is 0 Å². The van der Waals surface area contributed by atoms with Gasteiger partial charge in [0.1, 0.15) is 0 Å². The van der Waals surface area contributed by atoms with Gasteiger partial charge in [0.25, 0.3) is 0 Å². The third-order valence-corrected chi connectivity index (χ3v) is 0.841. The molecule has 56 valence electrons. The van der Waals surface area contributed by atoms with E-state index in [1.54, 1.807) is 13.0 Å². The number of hydrogen-bond donors (Lipinski definition) is 0. The molecule has 10 heavy (non-hydrogen) atoms. The van der Waals surface area contributed by atoms with Crippen molar-refractivity contribution in [2.45, 2.75) is 20.3 Å². The third-order valence-electron chi connectivity index (χ3n) is 0.841. The molecule has 0 radical (unpaired) electrons. The van der Waals surface area contributed by atoms with Gasteiger partial charge in [0.2, 0.25) is 0 Å². The molecule has 0 aromatic carbocycles. The highest BCUT2D eigenvalue weighted by Crippen LogP contribution is 1.91. The van der Waals surface area contributed by atoms with Crippen LogP contribution in [0.5, 0.6) is 0 Å². The van der Waals surface area contributed by atoms with Crippen LogP contribution in [0.25, 0.3) is 0 Å². The van der Waals surface area contributed by atoms with Crippen LogP contribution in [0.1, 0.15) is 20.3 Å². The summed E-state index contributed by atoms with van der Waals surface area (Å²) in [5, 5.41) is 0. The number of esters is 1. The number of allylic oxidation sites excluding steroid dienone is 2. The van der Waals surface area contributed by atoms with Crippen molar-refractivity contribution < 1.29 is 9.53 Å². The normalized spacial score (nSPS) is 9.80. The molecular formula is C8H12O2. The molecular weight excluding hydrogens is 128 g/mol. The fraction of sp³-hybridized carbons (Fsp3) is 0.375. The first kappa shape index (κ1) is 8.95. The Kier molecular flexibility index (Phi) is 4.29. The maximum absolute atomic E-state index is 10.5. The smallest absolute Gasteiger partial charge is 0.310 e. The van der Waals surface area contributed by atoms with Crippen molar-refractivity contribution in [1.29, 1.82) is 0 Å². The highest BCUT2D eigenvalue weighted by molar-refractivity contribution is 5.69. The summed E-state index contributed by atoms with van der Waals surface area (Å²) in [7, 11) is 0. The predicted octanol–water partition coefficient (Wildman–Crippen LogP) is 2.03. The SMILES string of the molecule is C=C(C)/C=C/OC(=O)CC. The number of hydrogen-bond acceptors (Lipinski definition) is 2. The Hall–Kier alpha value is -1.05. The number of carbonyl (C=O) groups is 1. The van der Waals surface area contributed by atoms with Crippen molar-refractivity contribution in [1.82, 2.24) is 0 Å². The van der Waals surface area contributed by atoms with E-state index < -0.39 is 0 Å². The molecule has 0 aliphatic heterocycles. The van der Waals surface area contributed by atoms with E-state index in [0.717, 1.165) is 5.57 Å². The van der Waals surface area contributed by atoms with E-state index in [0.29, 0.717) is 6.42 Å². The Morgan fingerprint density at radius 2 is 2.30 bits per heavy atom. The van der Waals surface area contributed by atoms with E-state index in [9.17, 15) is 4.79 Å². The van der Waals surface area contributed by atoms with Crippen LogP contribution in [-0.4, -0.2) is 5.97 Å². The highest BCUT2D eigenvalue weighted by atomic mass is 16.5. The molecule has 0 spiro atoms. The van der Waals surface area contributed by atoms with Crippen molar-refractivity contribution >= 4 is 5.97 Å². The fourth-order valence-corrected chi connectivity index (χ4v) is 0.309. The summed E-state index contributed by atoms with van der Waals surface area (Å²) in [5.41, 5.74) is 0.865. The lowest BCUT2D eigenvalue weighted by atomic mass is 10.3. The molecule has 0 bridgehead atoms. The van der Waals surface area contributed by atoms with Crippen LogP contribution in [0.15, 0.2) is 24.5 Å². The first-order chi connectivity index (χ1) is 4.66. The van der Waals surface area contributed by atoms with E-state index in [-0.39, 0.29) is 5.97 Å². The molecule has 0 aliphatic carbocycles. The summed E-state index contributed by atoms with van der Waals surface area (Å²) >= 11 is 0. The summed E-state index contributed by atoms with van der Waals surface area (Å²) in [5.74, 6) is -0.225. The minimum Gasteiger partial charge on any atom is -0.434 e. The van der Waals surface area contributed by atoms with Crippen molar-refractivity contribution in [3.8, 4) is 0 Å². The minimum atomic E-state index is -0.225. The third kappa shape index (κ3) is 5.09. The fourth-order valence-electron chi connectivity index (χ4n) is 0.309. The molecule has 0 heterocycles. The van der Waals surface area contributed by atoms with E-state index in [1.165, 1.54) is 6.26 Å². The molecule has 0 N–H and O–H groups in total. The molecule has 0 aromatic rings. The van der Waals surface area contributed by atoms with E-state index in [1.807, 2.05) is 6.92 Å². The predicted molar refractivity (Wildman–Crippen MR) is 40.3 cm³/mol. The molecule has 0 aliphatic rings. The summed E-state index contributed by atoms with van der Waals surface area (Å²) in [6.07, 6.45) is 3.41. The highest BCUT2D eigenvalue weighted by Gasteiger charge is 1.91. The van der Waals surface area contributed by atoms with Crippen LogP contribution in [-0.2, 0) is 9.53 Å². The first-order valence-corrected chi connectivity index (χ1v) is 3.18. The van der Waals surface area contributed by atoms with Crippen molar-refractivity contribution in [2.75, 3.05) is 0 Å². The zero-order valence-electron chi connectivity index (χ0n) is 6.39. The first-order valence-electron chi connectivity index (χ1n) is 3.18. The summed E-state index contributed by atoms with van der Waals surface area (Å²) in [6, 6.07) is 0. The Balaban J connectivity index is 3.53. The van der Waals surface area contributed by atoms with E-state index in [4.69, 9.17) is 0 Å². The van der Waals surface area contributed by atoms with Crippen LogP contribution in [0.4, 0.5) is 0 Å². The molecule has 2 nitrogen and oxygen atoms in total. The van der Waals surface area contributed by atoms with Gasteiger partial charge in [-0.05, 0) is 13.0 Å². The van der Waals surface area contributed by atoms with Crippen molar-refractivity contribution in [3.05, 3.63) is 24.5 Å². The van der Waals surface area contributed by atoms with Gasteiger partial charge in [-0.2, -0.15) is 0 Å². The van der Waals surface area contributed by atoms with Gasteiger partial charge in [0.15, 0.2) is 0 Å². The second-order valence-corrected chi connectivity index (χ2v) is 1.99. The maximum Gasteiger partial charge on any atom is 0.310 e. The lowest BCUT2D eigenvalue weighted by Gasteiger charge is -1.92. The zero-order valence-corrected chi connectivity index (χ0v) is 6.39. The van der Waals surface area contributed by atoms with Gasteiger partial charge in [0, 0.05) is 6.42 Å². The standard InChI is InChI=1S/C8H12O2/c1-4-8(9)10-6-5-7(2)3/h5-6H,2,4H2,1,3H3/b6-5+. The lowest BCUT2D eigenvalue weighted by molar-refractivity contribution is -0.137. The van der Waals surface area contributed by atoms with Gasteiger partial charge < -0.3 is 4.74 Å². The topological polar surface area (TPSA) is 26.3 Å². The van der Waals surface area contributed by atoms with E-state index >= 15 is 0 Å².